The largest absolute Gasteiger partial charge is 0.508 e. The molecule has 16 heavy (non-hydrogen) atoms. The molecule has 2 unspecified atom stereocenters. The first kappa shape index (κ1) is 11.9. The van der Waals surface area contributed by atoms with Crippen LogP contribution in [0.15, 0.2) is 22.7 Å². The molecular weight excluding hydrogens is 270 g/mol. The highest BCUT2D eigenvalue weighted by atomic mass is 79.9. The molecule has 88 valence electrons. The van der Waals surface area contributed by atoms with E-state index in [4.69, 9.17) is 4.74 Å². The predicted octanol–water partition coefficient (Wildman–Crippen LogP) is 2.59. The van der Waals surface area contributed by atoms with Gasteiger partial charge in [0, 0.05) is 28.7 Å². The van der Waals surface area contributed by atoms with Crippen molar-refractivity contribution in [3.63, 3.8) is 0 Å². The lowest BCUT2D eigenvalue weighted by molar-refractivity contribution is 0.188. The zero-order valence-corrected chi connectivity index (χ0v) is 10.8. The number of ether oxygens (including phenoxy) is 1. The number of benzene rings is 1. The quantitative estimate of drug-likeness (QED) is 0.897. The lowest BCUT2D eigenvalue weighted by Crippen LogP contribution is -2.31. The molecule has 1 aliphatic heterocycles. The third kappa shape index (κ3) is 2.75. The molecule has 2 N–H and O–H groups in total. The number of hydrogen-bond acceptors (Lipinski definition) is 3. The molecule has 4 heteroatoms. The molecule has 1 aromatic rings. The van der Waals surface area contributed by atoms with Crippen LogP contribution in [0.2, 0.25) is 0 Å². The molecule has 0 radical (unpaired) electrons. The lowest BCUT2D eigenvalue weighted by atomic mass is 10.1. The first-order valence-electron chi connectivity index (χ1n) is 5.49. The van der Waals surface area contributed by atoms with Crippen molar-refractivity contribution in [3.8, 4) is 5.75 Å². The second kappa shape index (κ2) is 5.17. The highest BCUT2D eigenvalue weighted by Crippen LogP contribution is 2.28. The van der Waals surface area contributed by atoms with Gasteiger partial charge in [-0.25, -0.2) is 0 Å². The summed E-state index contributed by atoms with van der Waals surface area (Å²) in [6, 6.07) is 6.14. The first-order chi connectivity index (χ1) is 7.66. The van der Waals surface area contributed by atoms with E-state index in [-0.39, 0.29) is 6.04 Å². The number of nitrogens with one attached hydrogen (secondary N) is 1. The molecule has 0 bridgehead atoms. The van der Waals surface area contributed by atoms with Crippen molar-refractivity contribution < 1.29 is 9.84 Å². The molecule has 2 atom stereocenters. The Balaban J connectivity index is 2.04. The van der Waals surface area contributed by atoms with Gasteiger partial charge in [-0.1, -0.05) is 22.0 Å². The fraction of sp³-hybridized carbons (Fsp3) is 0.500. The van der Waals surface area contributed by atoms with Crippen LogP contribution in [0.5, 0.6) is 5.75 Å². The summed E-state index contributed by atoms with van der Waals surface area (Å²) in [5, 5.41) is 13.3. The van der Waals surface area contributed by atoms with Crippen LogP contribution in [0.1, 0.15) is 24.9 Å². The average Bonchev–Trinajstić information content (AvgIpc) is 2.70. The number of hydrogen-bond donors (Lipinski definition) is 2. The summed E-state index contributed by atoms with van der Waals surface area (Å²) >= 11 is 3.33. The summed E-state index contributed by atoms with van der Waals surface area (Å²) in [5.41, 5.74) is 0.926. The van der Waals surface area contributed by atoms with Crippen molar-refractivity contribution in [2.24, 2.45) is 0 Å². The molecule has 0 amide bonds. The first-order valence-corrected chi connectivity index (χ1v) is 6.28. The minimum Gasteiger partial charge on any atom is -0.508 e. The Morgan fingerprint density at radius 1 is 1.56 bits per heavy atom. The van der Waals surface area contributed by atoms with Crippen molar-refractivity contribution in [1.29, 1.82) is 0 Å². The van der Waals surface area contributed by atoms with Gasteiger partial charge >= 0.3 is 0 Å². The zero-order chi connectivity index (χ0) is 11.5. The van der Waals surface area contributed by atoms with Crippen LogP contribution in [0.4, 0.5) is 0 Å². The Bertz CT molecular complexity index is 364. The number of rotatable bonds is 3. The summed E-state index contributed by atoms with van der Waals surface area (Å²) < 4.78 is 6.20. The van der Waals surface area contributed by atoms with Crippen molar-refractivity contribution in [1.82, 2.24) is 5.32 Å². The van der Waals surface area contributed by atoms with Gasteiger partial charge in [-0.15, -0.1) is 0 Å². The molecular formula is C12H16BrNO2. The molecule has 0 spiro atoms. The topological polar surface area (TPSA) is 41.5 Å². The van der Waals surface area contributed by atoms with Gasteiger partial charge in [0.2, 0.25) is 0 Å². The number of aromatic hydroxyl groups is 1. The van der Waals surface area contributed by atoms with Crippen molar-refractivity contribution in [2.75, 3.05) is 13.2 Å². The van der Waals surface area contributed by atoms with Crippen LogP contribution in [-0.4, -0.2) is 24.4 Å². The summed E-state index contributed by atoms with van der Waals surface area (Å²) in [5.74, 6) is 0.327. The van der Waals surface area contributed by atoms with Gasteiger partial charge < -0.3 is 15.2 Å². The predicted molar refractivity (Wildman–Crippen MR) is 66.6 cm³/mol. The minimum atomic E-state index is 0.139. The number of halogens is 1. The number of phenolic OH excluding ortho intramolecular Hbond substituents is 1. The van der Waals surface area contributed by atoms with Crippen LogP contribution in [0.25, 0.3) is 0 Å². The fourth-order valence-corrected chi connectivity index (χ4v) is 2.34. The van der Waals surface area contributed by atoms with E-state index in [2.05, 4.69) is 28.2 Å². The monoisotopic (exact) mass is 285 g/mol. The Morgan fingerprint density at radius 3 is 3.00 bits per heavy atom. The molecule has 1 aliphatic rings. The summed E-state index contributed by atoms with van der Waals surface area (Å²) in [4.78, 5) is 0. The van der Waals surface area contributed by atoms with Crippen LogP contribution >= 0.6 is 15.9 Å². The summed E-state index contributed by atoms with van der Waals surface area (Å²) in [6.07, 6.45) is 1.04. The normalized spacial score (nSPS) is 22.2. The zero-order valence-electron chi connectivity index (χ0n) is 9.24. The van der Waals surface area contributed by atoms with Crippen molar-refractivity contribution in [3.05, 3.63) is 28.2 Å². The van der Waals surface area contributed by atoms with E-state index in [1.807, 2.05) is 12.1 Å². The molecule has 0 saturated carbocycles. The molecule has 0 aliphatic carbocycles. The van der Waals surface area contributed by atoms with Crippen molar-refractivity contribution >= 4 is 15.9 Å². The van der Waals surface area contributed by atoms with E-state index in [1.165, 1.54) is 0 Å². The van der Waals surface area contributed by atoms with Crippen LogP contribution < -0.4 is 5.32 Å². The second-order valence-electron chi connectivity index (χ2n) is 4.15. The molecule has 2 rings (SSSR count). The van der Waals surface area contributed by atoms with E-state index in [1.54, 1.807) is 6.07 Å². The van der Waals surface area contributed by atoms with Crippen LogP contribution in [-0.2, 0) is 4.74 Å². The Morgan fingerprint density at radius 2 is 2.38 bits per heavy atom. The fourth-order valence-electron chi connectivity index (χ4n) is 1.99. The van der Waals surface area contributed by atoms with Gasteiger partial charge in [-0.05, 0) is 25.5 Å². The molecule has 1 aromatic carbocycles. The molecule has 3 nitrogen and oxygen atoms in total. The maximum Gasteiger partial charge on any atom is 0.121 e. The van der Waals surface area contributed by atoms with Gasteiger partial charge in [0.05, 0.1) is 6.61 Å². The van der Waals surface area contributed by atoms with E-state index in [9.17, 15) is 5.11 Å². The standard InChI is InChI=1S/C12H16BrNO2/c1-8(14-10-4-5-16-7-10)11-3-2-9(13)6-12(11)15/h2-3,6,8,10,14-15H,4-5,7H2,1H3. The average molecular weight is 286 g/mol. The van der Waals surface area contributed by atoms with Gasteiger partial charge in [-0.3, -0.25) is 0 Å². The Labute approximate surface area is 104 Å². The van der Waals surface area contributed by atoms with Gasteiger partial charge in [0.25, 0.3) is 0 Å². The molecule has 1 fully saturated rings. The number of phenols is 1. The lowest BCUT2D eigenvalue weighted by Gasteiger charge is -2.19. The minimum absolute atomic E-state index is 0.139. The van der Waals surface area contributed by atoms with Crippen LogP contribution in [0, 0.1) is 0 Å². The van der Waals surface area contributed by atoms with Crippen molar-refractivity contribution in [2.45, 2.75) is 25.4 Å². The smallest absolute Gasteiger partial charge is 0.121 e. The molecule has 1 saturated heterocycles. The Kier molecular flexibility index (Phi) is 3.84. The molecule has 0 aromatic heterocycles. The highest BCUT2D eigenvalue weighted by molar-refractivity contribution is 9.10. The Hall–Kier alpha value is -0.580. The van der Waals surface area contributed by atoms with Gasteiger partial charge in [0.15, 0.2) is 0 Å². The SMILES string of the molecule is CC(NC1CCOC1)c1ccc(Br)cc1O. The van der Waals surface area contributed by atoms with E-state index in [0.717, 1.165) is 29.7 Å². The van der Waals surface area contributed by atoms with E-state index >= 15 is 0 Å². The second-order valence-corrected chi connectivity index (χ2v) is 5.07. The summed E-state index contributed by atoms with van der Waals surface area (Å²) in [6.45, 7) is 3.65. The van der Waals surface area contributed by atoms with E-state index < -0.39 is 0 Å². The van der Waals surface area contributed by atoms with Gasteiger partial charge in [0.1, 0.15) is 5.75 Å². The maximum atomic E-state index is 9.83. The summed E-state index contributed by atoms with van der Waals surface area (Å²) in [7, 11) is 0. The van der Waals surface area contributed by atoms with Crippen LogP contribution in [0.3, 0.4) is 0 Å². The van der Waals surface area contributed by atoms with Gasteiger partial charge in [-0.2, -0.15) is 0 Å². The third-order valence-electron chi connectivity index (χ3n) is 2.87. The highest BCUT2D eigenvalue weighted by Gasteiger charge is 2.19. The molecule has 1 heterocycles. The third-order valence-corrected chi connectivity index (χ3v) is 3.37. The maximum absolute atomic E-state index is 9.83. The van der Waals surface area contributed by atoms with E-state index in [0.29, 0.717) is 11.8 Å².